The molecule has 0 bridgehead atoms. The molecule has 29 heavy (non-hydrogen) atoms. The van der Waals surface area contributed by atoms with Gasteiger partial charge in [-0.05, 0) is 18.4 Å². The molecule has 0 radical (unpaired) electrons. The molecule has 2 rings (SSSR count). The molecule has 9 heteroatoms. The Labute approximate surface area is 168 Å². The molecule has 0 saturated carbocycles. The summed E-state index contributed by atoms with van der Waals surface area (Å²) in [6, 6.07) is 5.94. The SMILES string of the molecule is CCCCNC(=O)NC(=O)COC(=O)c1nn(CC(C)C)c(=O)c2ccccc12. The lowest BCUT2D eigenvalue weighted by molar-refractivity contribution is -0.123. The van der Waals surface area contributed by atoms with Gasteiger partial charge in [0.2, 0.25) is 0 Å². The topological polar surface area (TPSA) is 119 Å². The van der Waals surface area contributed by atoms with Crippen molar-refractivity contribution in [2.75, 3.05) is 13.2 Å². The standard InChI is InChI=1S/C20H26N4O5/c1-4-5-10-21-20(28)22-16(25)12-29-19(27)17-14-8-6-7-9-15(14)18(26)24(23-17)11-13(2)3/h6-9,13H,4-5,10-12H2,1-3H3,(H2,21,22,25,28). The third-order valence-electron chi connectivity index (χ3n) is 4.00. The summed E-state index contributed by atoms with van der Waals surface area (Å²) in [5, 5.41) is 9.45. The molecule has 9 nitrogen and oxygen atoms in total. The summed E-state index contributed by atoms with van der Waals surface area (Å²) in [4.78, 5) is 48.5. The molecule has 156 valence electrons. The second kappa shape index (κ2) is 10.4. The minimum atomic E-state index is -0.847. The maximum atomic E-state index is 12.6. The van der Waals surface area contributed by atoms with Crippen LogP contribution in [0.2, 0.25) is 0 Å². The number of ether oxygens (including phenoxy) is 1. The number of carbonyl (C=O) groups excluding carboxylic acids is 3. The van der Waals surface area contributed by atoms with Crippen molar-refractivity contribution in [3.63, 3.8) is 0 Å². The van der Waals surface area contributed by atoms with Crippen LogP contribution in [0, 0.1) is 5.92 Å². The molecule has 0 atom stereocenters. The van der Waals surface area contributed by atoms with E-state index in [-0.39, 0.29) is 17.2 Å². The van der Waals surface area contributed by atoms with Gasteiger partial charge in [0.25, 0.3) is 11.5 Å². The van der Waals surface area contributed by atoms with E-state index in [1.54, 1.807) is 24.3 Å². The van der Waals surface area contributed by atoms with E-state index >= 15 is 0 Å². The normalized spacial score (nSPS) is 10.8. The highest BCUT2D eigenvalue weighted by molar-refractivity contribution is 6.03. The molecule has 0 aliphatic carbocycles. The van der Waals surface area contributed by atoms with E-state index in [0.29, 0.717) is 23.9 Å². The molecule has 2 aromatic rings. The first-order chi connectivity index (χ1) is 13.8. The van der Waals surface area contributed by atoms with Gasteiger partial charge in [0.05, 0.1) is 5.39 Å². The number of fused-ring (bicyclic) bond motifs is 1. The third-order valence-corrected chi connectivity index (χ3v) is 4.00. The fourth-order valence-corrected chi connectivity index (χ4v) is 2.64. The van der Waals surface area contributed by atoms with Gasteiger partial charge in [-0.3, -0.25) is 14.9 Å². The summed E-state index contributed by atoms with van der Waals surface area (Å²) in [7, 11) is 0. The van der Waals surface area contributed by atoms with Crippen LogP contribution in [-0.2, 0) is 16.1 Å². The predicted molar refractivity (Wildman–Crippen MR) is 108 cm³/mol. The van der Waals surface area contributed by atoms with E-state index in [1.807, 2.05) is 20.8 Å². The molecule has 0 fully saturated rings. The van der Waals surface area contributed by atoms with Gasteiger partial charge >= 0.3 is 12.0 Å². The summed E-state index contributed by atoms with van der Waals surface area (Å²) in [5.74, 6) is -1.46. The highest BCUT2D eigenvalue weighted by Gasteiger charge is 2.19. The zero-order valence-corrected chi connectivity index (χ0v) is 16.9. The molecule has 0 aliphatic heterocycles. The number of hydrogen-bond donors (Lipinski definition) is 2. The summed E-state index contributed by atoms with van der Waals surface area (Å²) in [6.45, 7) is 5.98. The molecule has 1 aromatic heterocycles. The van der Waals surface area contributed by atoms with Crippen LogP contribution in [-0.4, -0.2) is 40.8 Å². The Kier molecular flexibility index (Phi) is 7.88. The minimum absolute atomic E-state index is 0.0546. The van der Waals surface area contributed by atoms with Gasteiger partial charge in [0.15, 0.2) is 12.3 Å². The lowest BCUT2D eigenvalue weighted by atomic mass is 10.1. The Bertz CT molecular complexity index is 952. The van der Waals surface area contributed by atoms with Gasteiger partial charge in [-0.15, -0.1) is 0 Å². The fourth-order valence-electron chi connectivity index (χ4n) is 2.64. The van der Waals surface area contributed by atoms with Crippen molar-refractivity contribution in [2.45, 2.75) is 40.2 Å². The number of hydrogen-bond acceptors (Lipinski definition) is 6. The van der Waals surface area contributed by atoms with E-state index in [2.05, 4.69) is 15.7 Å². The summed E-state index contributed by atoms with van der Waals surface area (Å²) in [5.41, 5.74) is -0.353. The number of nitrogens with zero attached hydrogens (tertiary/aromatic N) is 2. The van der Waals surface area contributed by atoms with Gasteiger partial charge in [-0.25, -0.2) is 14.3 Å². The van der Waals surface area contributed by atoms with E-state index in [1.165, 1.54) is 4.68 Å². The first-order valence-corrected chi connectivity index (χ1v) is 9.58. The Morgan fingerprint density at radius 1 is 1.17 bits per heavy atom. The Hall–Kier alpha value is -3.23. The van der Waals surface area contributed by atoms with Crippen molar-refractivity contribution >= 4 is 28.7 Å². The number of aromatic nitrogens is 2. The van der Waals surface area contributed by atoms with Gasteiger partial charge in [0.1, 0.15) is 0 Å². The van der Waals surface area contributed by atoms with Gasteiger partial charge in [-0.1, -0.05) is 45.4 Å². The molecule has 0 aliphatic rings. The number of esters is 1. The zero-order valence-electron chi connectivity index (χ0n) is 16.9. The molecule has 0 saturated heterocycles. The average Bonchev–Trinajstić information content (AvgIpc) is 2.68. The number of unbranched alkanes of at least 4 members (excludes halogenated alkanes) is 1. The van der Waals surface area contributed by atoms with Crippen molar-refractivity contribution in [1.29, 1.82) is 0 Å². The number of carbonyl (C=O) groups is 3. The smallest absolute Gasteiger partial charge is 0.359 e. The maximum Gasteiger partial charge on any atom is 0.359 e. The van der Waals surface area contributed by atoms with Gasteiger partial charge in [-0.2, -0.15) is 5.10 Å². The number of urea groups is 1. The first-order valence-electron chi connectivity index (χ1n) is 9.58. The summed E-state index contributed by atoms with van der Waals surface area (Å²) >= 11 is 0. The fraction of sp³-hybridized carbons (Fsp3) is 0.450. The van der Waals surface area contributed by atoms with Crippen molar-refractivity contribution < 1.29 is 19.1 Å². The van der Waals surface area contributed by atoms with Crippen molar-refractivity contribution in [2.24, 2.45) is 5.92 Å². The number of rotatable bonds is 8. The molecular formula is C20H26N4O5. The number of benzene rings is 1. The third kappa shape index (κ3) is 6.13. The number of imide groups is 1. The van der Waals surface area contributed by atoms with Crippen molar-refractivity contribution in [3.8, 4) is 0 Å². The molecule has 1 heterocycles. The zero-order chi connectivity index (χ0) is 21.4. The highest BCUT2D eigenvalue weighted by atomic mass is 16.5. The van der Waals surface area contributed by atoms with Crippen LogP contribution in [0.5, 0.6) is 0 Å². The predicted octanol–water partition coefficient (Wildman–Crippen LogP) is 1.84. The lowest BCUT2D eigenvalue weighted by Gasteiger charge is -2.12. The van der Waals surface area contributed by atoms with Crippen LogP contribution >= 0.6 is 0 Å². The Balaban J connectivity index is 2.12. The quantitative estimate of drug-likeness (QED) is 0.514. The van der Waals surface area contributed by atoms with E-state index in [0.717, 1.165) is 12.8 Å². The van der Waals surface area contributed by atoms with Crippen LogP contribution in [0.1, 0.15) is 44.1 Å². The first kappa shape index (κ1) is 22.1. The van der Waals surface area contributed by atoms with Crippen LogP contribution in [0.4, 0.5) is 4.79 Å². The van der Waals surface area contributed by atoms with Crippen molar-refractivity contribution in [3.05, 3.63) is 40.3 Å². The number of nitrogens with one attached hydrogen (secondary N) is 2. The van der Waals surface area contributed by atoms with Gasteiger partial charge in [0, 0.05) is 18.5 Å². The molecule has 1 aromatic carbocycles. The second-order valence-electron chi connectivity index (χ2n) is 7.01. The molecule has 0 spiro atoms. The highest BCUT2D eigenvalue weighted by Crippen LogP contribution is 2.14. The summed E-state index contributed by atoms with van der Waals surface area (Å²) < 4.78 is 6.24. The van der Waals surface area contributed by atoms with E-state index in [9.17, 15) is 19.2 Å². The molecular weight excluding hydrogens is 376 g/mol. The Morgan fingerprint density at radius 3 is 2.52 bits per heavy atom. The minimum Gasteiger partial charge on any atom is -0.451 e. The van der Waals surface area contributed by atoms with Crippen LogP contribution < -0.4 is 16.2 Å². The Morgan fingerprint density at radius 2 is 1.86 bits per heavy atom. The van der Waals surface area contributed by atoms with E-state index in [4.69, 9.17) is 4.74 Å². The van der Waals surface area contributed by atoms with E-state index < -0.39 is 24.5 Å². The summed E-state index contributed by atoms with van der Waals surface area (Å²) in [6.07, 6.45) is 1.70. The monoisotopic (exact) mass is 402 g/mol. The largest absolute Gasteiger partial charge is 0.451 e. The molecule has 3 amide bonds. The average molecular weight is 402 g/mol. The molecule has 0 unspecified atom stereocenters. The van der Waals surface area contributed by atoms with Gasteiger partial charge < -0.3 is 10.1 Å². The van der Waals surface area contributed by atoms with Crippen LogP contribution in [0.25, 0.3) is 10.8 Å². The lowest BCUT2D eigenvalue weighted by Crippen LogP contribution is -2.41. The van der Waals surface area contributed by atoms with Crippen LogP contribution in [0.3, 0.4) is 0 Å². The second-order valence-corrected chi connectivity index (χ2v) is 7.01. The number of amides is 3. The maximum absolute atomic E-state index is 12.6. The van der Waals surface area contributed by atoms with Crippen LogP contribution in [0.15, 0.2) is 29.1 Å². The molecule has 2 N–H and O–H groups in total. The van der Waals surface area contributed by atoms with Crippen molar-refractivity contribution in [1.82, 2.24) is 20.4 Å².